The highest BCUT2D eigenvalue weighted by Crippen LogP contribution is 2.35. The Morgan fingerprint density at radius 1 is 1.09 bits per heavy atom. The fourth-order valence-corrected chi connectivity index (χ4v) is 4.22. The Hall–Kier alpha value is -3.36. The zero-order valence-corrected chi connectivity index (χ0v) is 19.0. The van der Waals surface area contributed by atoms with Crippen LogP contribution < -0.4 is 0 Å². The van der Waals surface area contributed by atoms with Crippen molar-refractivity contribution in [2.45, 2.75) is 33.0 Å². The summed E-state index contributed by atoms with van der Waals surface area (Å²) in [7, 11) is 3.07. The zero-order chi connectivity index (χ0) is 23.4. The maximum absolute atomic E-state index is 13.7. The molecule has 1 saturated heterocycles. The zero-order valence-electron chi connectivity index (χ0n) is 19.0. The first-order valence-corrected chi connectivity index (χ1v) is 10.8. The van der Waals surface area contributed by atoms with Crippen molar-refractivity contribution < 1.29 is 23.9 Å². The number of fused-ring (bicyclic) bond motifs is 1. The molecule has 2 atom stereocenters. The molecule has 0 aromatic heterocycles. The second-order valence-electron chi connectivity index (χ2n) is 7.93. The molecule has 0 spiro atoms. The summed E-state index contributed by atoms with van der Waals surface area (Å²) in [5.74, 6) is -1.87. The topological polar surface area (TPSA) is 90.5 Å². The van der Waals surface area contributed by atoms with Crippen molar-refractivity contribution in [3.8, 4) is 0 Å². The summed E-state index contributed by atoms with van der Waals surface area (Å²) in [6.07, 6.45) is 1.79. The Kier molecular flexibility index (Phi) is 7.17. The normalized spacial score (nSPS) is 20.2. The molecule has 2 heterocycles. The maximum atomic E-state index is 13.7. The van der Waals surface area contributed by atoms with E-state index in [0.29, 0.717) is 12.2 Å². The van der Waals surface area contributed by atoms with Crippen LogP contribution in [-0.4, -0.2) is 83.4 Å². The number of hydrogen-bond donors (Lipinski definition) is 0. The number of nitrogens with zero attached hydrogens (tertiary/aromatic N) is 4. The minimum atomic E-state index is -0.644. The molecule has 2 unspecified atom stereocenters. The van der Waals surface area contributed by atoms with E-state index in [1.165, 1.54) is 16.8 Å². The molecule has 9 nitrogen and oxygen atoms in total. The van der Waals surface area contributed by atoms with Gasteiger partial charge in [-0.25, -0.2) is 4.79 Å². The van der Waals surface area contributed by atoms with E-state index in [0.717, 1.165) is 16.9 Å². The van der Waals surface area contributed by atoms with Gasteiger partial charge in [-0.2, -0.15) is 0 Å². The van der Waals surface area contributed by atoms with Crippen LogP contribution in [0.3, 0.4) is 0 Å². The van der Waals surface area contributed by atoms with Crippen LogP contribution in [0, 0.1) is 5.92 Å². The van der Waals surface area contributed by atoms with Crippen LogP contribution in [-0.2, 0) is 25.7 Å². The lowest BCUT2D eigenvalue weighted by molar-refractivity contribution is -0.148. The van der Waals surface area contributed by atoms with E-state index < -0.39 is 24.1 Å². The predicted octanol–water partition coefficient (Wildman–Crippen LogP) is 1.65. The lowest BCUT2D eigenvalue weighted by atomic mass is 10.0. The van der Waals surface area contributed by atoms with Gasteiger partial charge < -0.3 is 19.4 Å². The second kappa shape index (κ2) is 9.84. The molecular weight excluding hydrogens is 412 g/mol. The fraction of sp³-hybridized carbons (Fsp3) is 0.478. The average Bonchev–Trinajstić information content (AvgIpc) is 3.16. The van der Waals surface area contributed by atoms with Crippen LogP contribution >= 0.6 is 0 Å². The summed E-state index contributed by atoms with van der Waals surface area (Å²) in [6, 6.07) is 8.95. The molecule has 0 bridgehead atoms. The molecule has 4 amide bonds. The van der Waals surface area contributed by atoms with Gasteiger partial charge in [-0.15, -0.1) is 0 Å². The number of hydrogen-bond acceptors (Lipinski definition) is 6. The van der Waals surface area contributed by atoms with E-state index in [1.807, 2.05) is 37.3 Å². The number of imide groups is 1. The van der Waals surface area contributed by atoms with Crippen LogP contribution in [0.15, 0.2) is 42.1 Å². The molecule has 0 N–H and O–H groups in total. The van der Waals surface area contributed by atoms with Crippen molar-refractivity contribution in [1.29, 1.82) is 0 Å². The molecule has 1 fully saturated rings. The average molecular weight is 443 g/mol. The first-order valence-electron chi connectivity index (χ1n) is 10.8. The van der Waals surface area contributed by atoms with Gasteiger partial charge in [-0.3, -0.25) is 19.3 Å². The van der Waals surface area contributed by atoms with Gasteiger partial charge in [0.1, 0.15) is 18.4 Å². The van der Waals surface area contributed by atoms with Gasteiger partial charge in [0.25, 0.3) is 5.91 Å². The predicted molar refractivity (Wildman–Crippen MR) is 117 cm³/mol. The summed E-state index contributed by atoms with van der Waals surface area (Å²) in [6.45, 7) is 4.39. The SMILES string of the molecule is CCCN1C(C(=O)N(CC(=O)OCC)Cc2ccccc2)=CC2C(=O)N(C)C(=O)N(C)C21. The van der Waals surface area contributed by atoms with Gasteiger partial charge in [0, 0.05) is 27.2 Å². The molecule has 1 aromatic carbocycles. The quantitative estimate of drug-likeness (QED) is 0.569. The standard InChI is InChI=1S/C23H30N4O5/c1-5-12-27-18(13-17-20(27)24(3)23(31)25(4)21(17)29)22(30)26(15-19(28)32-6-2)14-16-10-8-7-9-11-16/h7-11,13,17,20H,5-6,12,14-15H2,1-4H3. The minimum Gasteiger partial charge on any atom is -0.465 e. The summed E-state index contributed by atoms with van der Waals surface area (Å²) >= 11 is 0. The Morgan fingerprint density at radius 3 is 2.41 bits per heavy atom. The Bertz CT molecular complexity index is 916. The van der Waals surface area contributed by atoms with E-state index in [4.69, 9.17) is 4.74 Å². The third-order valence-corrected chi connectivity index (χ3v) is 5.70. The van der Waals surface area contributed by atoms with Gasteiger partial charge in [-0.05, 0) is 25.0 Å². The van der Waals surface area contributed by atoms with Crippen molar-refractivity contribution in [2.24, 2.45) is 5.92 Å². The van der Waals surface area contributed by atoms with Crippen molar-refractivity contribution in [3.63, 3.8) is 0 Å². The first kappa shape index (κ1) is 23.3. The highest BCUT2D eigenvalue weighted by Gasteiger charge is 2.50. The molecule has 2 aliphatic heterocycles. The minimum absolute atomic E-state index is 0.211. The molecule has 0 radical (unpaired) electrons. The lowest BCUT2D eigenvalue weighted by Gasteiger charge is -2.43. The Morgan fingerprint density at radius 2 is 1.78 bits per heavy atom. The maximum Gasteiger partial charge on any atom is 0.327 e. The van der Waals surface area contributed by atoms with Gasteiger partial charge in [-0.1, -0.05) is 37.3 Å². The third-order valence-electron chi connectivity index (χ3n) is 5.70. The highest BCUT2D eigenvalue weighted by molar-refractivity contribution is 6.02. The molecule has 1 aromatic rings. The van der Waals surface area contributed by atoms with Crippen LogP contribution in [0.25, 0.3) is 0 Å². The summed E-state index contributed by atoms with van der Waals surface area (Å²) in [5.41, 5.74) is 1.19. The van der Waals surface area contributed by atoms with Gasteiger partial charge in [0.05, 0.1) is 12.5 Å². The van der Waals surface area contributed by atoms with E-state index in [2.05, 4.69) is 0 Å². The van der Waals surface area contributed by atoms with E-state index in [9.17, 15) is 19.2 Å². The largest absolute Gasteiger partial charge is 0.465 e. The molecule has 9 heteroatoms. The summed E-state index contributed by atoms with van der Waals surface area (Å²) in [4.78, 5) is 57.1. The summed E-state index contributed by atoms with van der Waals surface area (Å²) < 4.78 is 5.07. The van der Waals surface area contributed by atoms with Gasteiger partial charge in [0.2, 0.25) is 5.91 Å². The Balaban J connectivity index is 1.94. The molecular formula is C23H30N4O5. The molecule has 172 valence electrons. The molecule has 3 rings (SSSR count). The van der Waals surface area contributed by atoms with Crippen LogP contribution in [0.5, 0.6) is 0 Å². The number of carbonyl (C=O) groups is 4. The van der Waals surface area contributed by atoms with Gasteiger partial charge >= 0.3 is 12.0 Å². The van der Waals surface area contributed by atoms with Crippen molar-refractivity contribution in [3.05, 3.63) is 47.7 Å². The monoisotopic (exact) mass is 442 g/mol. The number of urea groups is 1. The Labute approximate surface area is 188 Å². The van der Waals surface area contributed by atoms with Crippen molar-refractivity contribution in [1.82, 2.24) is 19.6 Å². The van der Waals surface area contributed by atoms with E-state index in [1.54, 1.807) is 24.9 Å². The molecule has 0 aliphatic carbocycles. The first-order chi connectivity index (χ1) is 15.3. The lowest BCUT2D eigenvalue weighted by Crippen LogP contribution is -2.62. The number of benzene rings is 1. The fourth-order valence-electron chi connectivity index (χ4n) is 4.22. The molecule has 2 aliphatic rings. The smallest absolute Gasteiger partial charge is 0.327 e. The number of esters is 1. The number of rotatable bonds is 8. The van der Waals surface area contributed by atoms with Crippen molar-refractivity contribution >= 4 is 23.8 Å². The third kappa shape index (κ3) is 4.46. The van der Waals surface area contributed by atoms with E-state index >= 15 is 0 Å². The summed E-state index contributed by atoms with van der Waals surface area (Å²) in [5, 5.41) is 0. The van der Waals surface area contributed by atoms with Crippen molar-refractivity contribution in [2.75, 3.05) is 33.8 Å². The van der Waals surface area contributed by atoms with Crippen LogP contribution in [0.4, 0.5) is 4.79 Å². The van der Waals surface area contributed by atoms with Crippen LogP contribution in [0.1, 0.15) is 25.8 Å². The second-order valence-corrected chi connectivity index (χ2v) is 7.93. The highest BCUT2D eigenvalue weighted by atomic mass is 16.5. The number of ether oxygens (including phenoxy) is 1. The number of carbonyl (C=O) groups excluding carboxylic acids is 4. The van der Waals surface area contributed by atoms with Crippen LogP contribution in [0.2, 0.25) is 0 Å². The van der Waals surface area contributed by atoms with Gasteiger partial charge in [0.15, 0.2) is 0 Å². The van der Waals surface area contributed by atoms with E-state index in [-0.39, 0.29) is 31.5 Å². The molecule has 0 saturated carbocycles. The molecule has 32 heavy (non-hydrogen) atoms. The number of amides is 4.